The molecule has 0 heterocycles. The summed E-state index contributed by atoms with van der Waals surface area (Å²) >= 11 is 0. The van der Waals surface area contributed by atoms with Crippen LogP contribution in [0.25, 0.3) is 11.1 Å². The number of hydrogen-bond donors (Lipinski definition) is 0. The zero-order valence-corrected chi connectivity index (χ0v) is 18.9. The van der Waals surface area contributed by atoms with Crippen LogP contribution in [0.5, 0.6) is 0 Å². The maximum Gasteiger partial charge on any atom is 0.00882 e. The van der Waals surface area contributed by atoms with Gasteiger partial charge in [-0.1, -0.05) is 91.3 Å². The normalized spacial score (nSPS) is 29.9. The molecule has 1 spiro atoms. The first kappa shape index (κ1) is 18.5. The molecule has 3 aliphatic rings. The first-order valence-corrected chi connectivity index (χ1v) is 11.3. The second-order valence-electron chi connectivity index (χ2n) is 11.9. The second kappa shape index (κ2) is 5.32. The maximum absolute atomic E-state index is 2.60. The minimum atomic E-state index is 0.207. The molecule has 2 fully saturated rings. The van der Waals surface area contributed by atoms with Crippen molar-refractivity contribution in [2.24, 2.45) is 5.92 Å². The average molecular weight is 373 g/mol. The van der Waals surface area contributed by atoms with E-state index in [1.807, 2.05) is 0 Å². The Morgan fingerprint density at radius 1 is 0.786 bits per heavy atom. The van der Waals surface area contributed by atoms with Crippen LogP contribution in [0.4, 0.5) is 0 Å². The summed E-state index contributed by atoms with van der Waals surface area (Å²) in [5, 5.41) is 0. The van der Waals surface area contributed by atoms with Crippen LogP contribution < -0.4 is 0 Å². The number of rotatable bonds is 2. The van der Waals surface area contributed by atoms with E-state index < -0.39 is 0 Å². The highest BCUT2D eigenvalue weighted by Crippen LogP contribution is 2.82. The van der Waals surface area contributed by atoms with Crippen LogP contribution in [0.15, 0.2) is 36.4 Å². The molecule has 0 nitrogen and oxygen atoms in total. The van der Waals surface area contributed by atoms with Crippen molar-refractivity contribution >= 4 is 0 Å². The van der Waals surface area contributed by atoms with Crippen molar-refractivity contribution in [2.75, 3.05) is 0 Å². The standard InChI is InChI=1S/C28H36/c1-8-13-27-16-20-17-28(20,27)24-15-19(26(5,6)7)10-12-22(24)21-11-9-18(14-23(21)27)25(2,3)4/h9-12,14-15,20H,8,13,16-17H2,1-7H3/t20?,27-,28-/m1/s1. The average Bonchev–Trinajstić information content (AvgIpc) is 3.21. The SMILES string of the molecule is CCC[C@]12CC3C[C@]31c1cc(C(C)(C)C)ccc1-c1ccc(C(C)(C)C)cc12. The molecule has 0 heteroatoms. The van der Waals surface area contributed by atoms with Gasteiger partial charge in [-0.2, -0.15) is 0 Å². The van der Waals surface area contributed by atoms with Crippen LogP contribution in [0, 0.1) is 5.92 Å². The molecule has 0 amide bonds. The molecule has 28 heavy (non-hydrogen) atoms. The fourth-order valence-corrected chi connectivity index (χ4v) is 6.71. The van der Waals surface area contributed by atoms with Crippen LogP contribution >= 0.6 is 0 Å². The van der Waals surface area contributed by atoms with E-state index in [4.69, 9.17) is 0 Å². The fourth-order valence-electron chi connectivity index (χ4n) is 6.71. The summed E-state index contributed by atoms with van der Waals surface area (Å²) in [5.74, 6) is 0.916. The van der Waals surface area contributed by atoms with E-state index >= 15 is 0 Å². The maximum atomic E-state index is 2.60. The van der Waals surface area contributed by atoms with Crippen molar-refractivity contribution in [3.05, 3.63) is 58.7 Å². The lowest BCUT2D eigenvalue weighted by Crippen LogP contribution is -2.52. The quantitative estimate of drug-likeness (QED) is 0.507. The third-order valence-corrected chi connectivity index (χ3v) is 8.29. The van der Waals surface area contributed by atoms with Gasteiger partial charge in [0.2, 0.25) is 0 Å². The molecule has 5 rings (SSSR count). The van der Waals surface area contributed by atoms with Crippen LogP contribution in [0.1, 0.15) is 96.4 Å². The predicted molar refractivity (Wildman–Crippen MR) is 120 cm³/mol. The summed E-state index contributed by atoms with van der Waals surface area (Å²) < 4.78 is 0. The Morgan fingerprint density at radius 2 is 1.32 bits per heavy atom. The van der Waals surface area contributed by atoms with Crippen molar-refractivity contribution in [1.82, 2.24) is 0 Å². The van der Waals surface area contributed by atoms with Gasteiger partial charge in [-0.25, -0.2) is 0 Å². The molecule has 3 atom stereocenters. The summed E-state index contributed by atoms with van der Waals surface area (Å²) in [7, 11) is 0. The summed E-state index contributed by atoms with van der Waals surface area (Å²) in [6.07, 6.45) is 5.43. The Balaban J connectivity index is 1.79. The van der Waals surface area contributed by atoms with Crippen molar-refractivity contribution in [3.8, 4) is 11.1 Å². The first-order chi connectivity index (χ1) is 13.0. The Hall–Kier alpha value is -1.56. The zero-order chi connectivity index (χ0) is 20.1. The van der Waals surface area contributed by atoms with Crippen molar-refractivity contribution in [2.45, 2.75) is 95.8 Å². The molecule has 148 valence electrons. The Labute approximate surface area is 171 Å². The summed E-state index contributed by atoms with van der Waals surface area (Å²) in [5.41, 5.74) is 10.6. The molecule has 0 aliphatic heterocycles. The lowest BCUT2D eigenvalue weighted by atomic mass is 9.47. The Morgan fingerprint density at radius 3 is 1.79 bits per heavy atom. The monoisotopic (exact) mass is 372 g/mol. The molecule has 0 bridgehead atoms. The molecule has 2 aromatic rings. The molecular formula is C28H36. The molecule has 0 aromatic heterocycles. The first-order valence-electron chi connectivity index (χ1n) is 11.3. The molecule has 0 N–H and O–H groups in total. The van der Waals surface area contributed by atoms with Gasteiger partial charge in [0.05, 0.1) is 0 Å². The van der Waals surface area contributed by atoms with Crippen LogP contribution in [0.3, 0.4) is 0 Å². The van der Waals surface area contributed by atoms with Gasteiger partial charge in [-0.15, -0.1) is 0 Å². The smallest absolute Gasteiger partial charge is 0.00882 e. The summed E-state index contributed by atoms with van der Waals surface area (Å²) in [6.45, 7) is 16.5. The van der Waals surface area contributed by atoms with E-state index in [-0.39, 0.29) is 10.8 Å². The van der Waals surface area contributed by atoms with E-state index in [1.165, 1.54) is 47.9 Å². The minimum Gasteiger partial charge on any atom is -0.0654 e. The summed E-state index contributed by atoms with van der Waals surface area (Å²) in [6, 6.07) is 14.9. The highest BCUT2D eigenvalue weighted by Gasteiger charge is 2.78. The third-order valence-electron chi connectivity index (χ3n) is 8.29. The number of hydrogen-bond acceptors (Lipinski definition) is 0. The van der Waals surface area contributed by atoms with Gasteiger partial charge in [0, 0.05) is 10.8 Å². The van der Waals surface area contributed by atoms with Gasteiger partial charge in [0.25, 0.3) is 0 Å². The summed E-state index contributed by atoms with van der Waals surface area (Å²) in [4.78, 5) is 0. The van der Waals surface area contributed by atoms with Crippen molar-refractivity contribution in [1.29, 1.82) is 0 Å². The van der Waals surface area contributed by atoms with E-state index in [1.54, 1.807) is 11.1 Å². The molecular weight excluding hydrogens is 336 g/mol. The van der Waals surface area contributed by atoms with Crippen LogP contribution in [-0.2, 0) is 21.7 Å². The molecule has 2 aromatic carbocycles. The largest absolute Gasteiger partial charge is 0.0654 e. The lowest BCUT2D eigenvalue weighted by Gasteiger charge is -2.55. The van der Waals surface area contributed by atoms with Gasteiger partial charge in [0.1, 0.15) is 0 Å². The topological polar surface area (TPSA) is 0 Å². The van der Waals surface area contributed by atoms with Gasteiger partial charge in [-0.05, 0) is 69.4 Å². The molecule has 0 radical (unpaired) electrons. The van der Waals surface area contributed by atoms with E-state index in [0.29, 0.717) is 10.8 Å². The van der Waals surface area contributed by atoms with Crippen LogP contribution in [0.2, 0.25) is 0 Å². The van der Waals surface area contributed by atoms with E-state index in [2.05, 4.69) is 84.9 Å². The van der Waals surface area contributed by atoms with Gasteiger partial charge in [-0.3, -0.25) is 0 Å². The molecule has 0 saturated heterocycles. The molecule has 1 unspecified atom stereocenters. The zero-order valence-electron chi connectivity index (χ0n) is 18.9. The fraction of sp³-hybridized carbons (Fsp3) is 0.571. The van der Waals surface area contributed by atoms with Crippen molar-refractivity contribution < 1.29 is 0 Å². The minimum absolute atomic E-state index is 0.207. The van der Waals surface area contributed by atoms with Crippen molar-refractivity contribution in [3.63, 3.8) is 0 Å². The lowest BCUT2D eigenvalue weighted by molar-refractivity contribution is 0.157. The van der Waals surface area contributed by atoms with Crippen LogP contribution in [-0.4, -0.2) is 0 Å². The van der Waals surface area contributed by atoms with E-state index in [9.17, 15) is 0 Å². The van der Waals surface area contributed by atoms with Gasteiger partial charge >= 0.3 is 0 Å². The Bertz CT molecular complexity index is 965. The highest BCUT2D eigenvalue weighted by molar-refractivity contribution is 5.82. The Kier molecular flexibility index (Phi) is 3.51. The van der Waals surface area contributed by atoms with Gasteiger partial charge in [0.15, 0.2) is 0 Å². The molecule has 3 aliphatic carbocycles. The number of fused-ring (bicyclic) bond motifs is 4. The molecule has 2 saturated carbocycles. The third kappa shape index (κ3) is 2.13. The van der Waals surface area contributed by atoms with Gasteiger partial charge < -0.3 is 0 Å². The second-order valence-corrected chi connectivity index (χ2v) is 11.9. The predicted octanol–water partition coefficient (Wildman–Crippen LogP) is 7.66. The highest BCUT2D eigenvalue weighted by atomic mass is 14.8. The number of benzene rings is 2. The van der Waals surface area contributed by atoms with E-state index in [0.717, 1.165) is 5.92 Å².